The molecule has 0 aromatic rings. The third kappa shape index (κ3) is 4.47. The van der Waals surface area contributed by atoms with E-state index in [2.05, 4.69) is 6.92 Å². The van der Waals surface area contributed by atoms with E-state index in [1.165, 1.54) is 0 Å². The van der Waals surface area contributed by atoms with Gasteiger partial charge in [0.25, 0.3) is 5.79 Å². The molecule has 0 radical (unpaired) electrons. The smallest absolute Gasteiger partial charge is 0.256 e. The van der Waals surface area contributed by atoms with Gasteiger partial charge in [0, 0.05) is 7.77 Å². The molecule has 1 aliphatic rings. The topological polar surface area (TPSA) is 127 Å². The Morgan fingerprint density at radius 1 is 1.14 bits per heavy atom. The van der Waals surface area contributed by atoms with Crippen molar-refractivity contribution in [1.82, 2.24) is 0 Å². The lowest BCUT2D eigenvalue weighted by Crippen LogP contribution is -2.68. The molecule has 7 nitrogen and oxygen atoms in total. The Labute approximate surface area is 131 Å². The zero-order valence-electron chi connectivity index (χ0n) is 13.9. The number of Topliss-reactive ketones (excluding diaryl/α,β-unsaturated/α-hetero) is 1. The van der Waals surface area contributed by atoms with E-state index in [1.54, 1.807) is 0 Å². The van der Waals surface area contributed by atoms with Gasteiger partial charge in [-0.05, 0) is 6.42 Å². The Hall–Kier alpha value is -0.570. The standard InChI is InChI=1S/C15H28O7/c1-2-3-4-5-6-7-8-11(17)15(21)14(20)13(19)12(18)10(9-16)22-15/h10,12-14,16,18-21H,2-9H2,1H3/t10-,12-,13+,14-,15?/m1/s1/i8D/t8?,10-,12-,13+,14-,15?. The second-order valence-corrected chi connectivity index (χ2v) is 5.73. The van der Waals surface area contributed by atoms with Gasteiger partial charge in [0.15, 0.2) is 5.78 Å². The summed E-state index contributed by atoms with van der Waals surface area (Å²) in [4.78, 5) is 12.3. The van der Waals surface area contributed by atoms with Gasteiger partial charge in [-0.1, -0.05) is 39.0 Å². The Morgan fingerprint density at radius 3 is 2.32 bits per heavy atom. The van der Waals surface area contributed by atoms with Gasteiger partial charge < -0.3 is 30.3 Å². The summed E-state index contributed by atoms with van der Waals surface area (Å²) in [6.45, 7) is 1.33. The first-order valence-corrected chi connectivity index (χ1v) is 7.81. The summed E-state index contributed by atoms with van der Waals surface area (Å²) in [5.74, 6) is -3.88. The SMILES string of the molecule is [2H]C(CCCCCCC)C(=O)C1(O)O[C@H](CO)[C@@H](O)[C@H](O)[C@H]1O. The average molecular weight is 321 g/mol. The van der Waals surface area contributed by atoms with Crippen molar-refractivity contribution in [2.75, 3.05) is 6.61 Å². The molecule has 2 unspecified atom stereocenters. The molecule has 0 aromatic heterocycles. The molecular formula is C15H28O7. The van der Waals surface area contributed by atoms with Crippen molar-refractivity contribution >= 4 is 5.78 Å². The second-order valence-electron chi connectivity index (χ2n) is 5.73. The number of carbonyl (C=O) groups excluding carboxylic acids is 1. The second kappa shape index (κ2) is 8.90. The Balaban J connectivity index is 2.67. The first kappa shape index (κ1) is 17.8. The van der Waals surface area contributed by atoms with E-state index in [0.29, 0.717) is 6.42 Å². The van der Waals surface area contributed by atoms with Crippen LogP contribution >= 0.6 is 0 Å². The van der Waals surface area contributed by atoms with Crippen molar-refractivity contribution in [2.45, 2.75) is 82.0 Å². The summed E-state index contributed by atoms with van der Waals surface area (Å²) in [5, 5.41) is 48.6. The number of ketones is 1. The van der Waals surface area contributed by atoms with E-state index < -0.39 is 49.0 Å². The van der Waals surface area contributed by atoms with Gasteiger partial charge in [-0.25, -0.2) is 0 Å². The van der Waals surface area contributed by atoms with E-state index in [4.69, 9.17) is 11.2 Å². The van der Waals surface area contributed by atoms with Gasteiger partial charge >= 0.3 is 0 Å². The quantitative estimate of drug-likeness (QED) is 0.361. The average Bonchev–Trinajstić information content (AvgIpc) is 2.55. The van der Waals surface area contributed by atoms with Gasteiger partial charge in [-0.2, -0.15) is 0 Å². The van der Waals surface area contributed by atoms with Crippen LogP contribution < -0.4 is 0 Å². The van der Waals surface area contributed by atoms with Crippen molar-refractivity contribution in [2.24, 2.45) is 0 Å². The van der Waals surface area contributed by atoms with E-state index in [1.807, 2.05) is 0 Å². The molecule has 0 bridgehead atoms. The molecule has 1 rings (SSSR count). The highest BCUT2D eigenvalue weighted by Crippen LogP contribution is 2.30. The molecule has 7 heteroatoms. The Kier molecular flexibility index (Phi) is 7.20. The van der Waals surface area contributed by atoms with Crippen molar-refractivity contribution < 1.29 is 36.4 Å². The maximum absolute atomic E-state index is 12.3. The van der Waals surface area contributed by atoms with Crippen LogP contribution in [0.25, 0.3) is 0 Å². The van der Waals surface area contributed by atoms with Crippen molar-refractivity contribution in [3.63, 3.8) is 0 Å². The lowest BCUT2D eigenvalue weighted by atomic mass is 9.88. The lowest BCUT2D eigenvalue weighted by molar-refractivity contribution is -0.331. The van der Waals surface area contributed by atoms with Crippen molar-refractivity contribution in [3.8, 4) is 0 Å². The van der Waals surface area contributed by atoms with Crippen LogP contribution in [0.2, 0.25) is 0 Å². The minimum Gasteiger partial charge on any atom is -0.394 e. The molecule has 1 heterocycles. The number of carbonyl (C=O) groups is 1. The minimum absolute atomic E-state index is 0.198. The normalized spacial score (nSPS) is 37.6. The number of aliphatic hydroxyl groups is 5. The number of ether oxygens (including phenoxy) is 1. The summed E-state index contributed by atoms with van der Waals surface area (Å²) < 4.78 is 12.8. The number of aliphatic hydroxyl groups excluding tert-OH is 4. The predicted octanol–water partition coefficient (Wildman–Crippen LogP) is -0.532. The van der Waals surface area contributed by atoms with Gasteiger partial charge in [0.05, 0.1) is 6.61 Å². The van der Waals surface area contributed by atoms with Gasteiger partial charge in [0.2, 0.25) is 0 Å². The fraction of sp³-hybridized carbons (Fsp3) is 0.933. The monoisotopic (exact) mass is 321 g/mol. The molecule has 22 heavy (non-hydrogen) atoms. The largest absolute Gasteiger partial charge is 0.394 e. The molecule has 0 amide bonds. The molecule has 5 N–H and O–H groups in total. The Morgan fingerprint density at radius 2 is 1.73 bits per heavy atom. The molecule has 0 saturated carbocycles. The summed E-state index contributed by atoms with van der Waals surface area (Å²) >= 11 is 0. The summed E-state index contributed by atoms with van der Waals surface area (Å²) in [5.41, 5.74) is 0. The third-order valence-electron chi connectivity index (χ3n) is 3.96. The van der Waals surface area contributed by atoms with E-state index >= 15 is 0 Å². The van der Waals surface area contributed by atoms with Gasteiger partial charge in [-0.15, -0.1) is 0 Å². The lowest BCUT2D eigenvalue weighted by Gasteiger charge is -2.44. The zero-order chi connectivity index (χ0) is 17.6. The number of hydrogen-bond donors (Lipinski definition) is 5. The van der Waals surface area contributed by atoms with Gasteiger partial charge in [-0.3, -0.25) is 4.79 Å². The molecule has 1 aliphatic heterocycles. The van der Waals surface area contributed by atoms with Crippen LogP contribution in [-0.2, 0) is 9.53 Å². The maximum Gasteiger partial charge on any atom is 0.256 e. The van der Waals surface area contributed by atoms with Crippen LogP contribution in [0.3, 0.4) is 0 Å². The number of rotatable bonds is 9. The van der Waals surface area contributed by atoms with Crippen LogP contribution in [0.4, 0.5) is 0 Å². The van der Waals surface area contributed by atoms with E-state index in [9.17, 15) is 25.2 Å². The van der Waals surface area contributed by atoms with Crippen LogP contribution in [0.5, 0.6) is 0 Å². The molecule has 130 valence electrons. The number of hydrogen-bond acceptors (Lipinski definition) is 7. The fourth-order valence-corrected chi connectivity index (χ4v) is 2.48. The predicted molar refractivity (Wildman–Crippen MR) is 77.9 cm³/mol. The first-order chi connectivity index (χ1) is 10.8. The van der Waals surface area contributed by atoms with Gasteiger partial charge in [0.1, 0.15) is 24.4 Å². The number of unbranched alkanes of at least 4 members (excludes halogenated alkanes) is 4. The van der Waals surface area contributed by atoms with Crippen LogP contribution in [0.15, 0.2) is 0 Å². The minimum atomic E-state index is -2.80. The first-order valence-electron chi connectivity index (χ1n) is 8.39. The Bertz CT molecular complexity index is 379. The summed E-state index contributed by atoms with van der Waals surface area (Å²) in [6.07, 6.45) is -3.48. The molecule has 1 saturated heterocycles. The van der Waals surface area contributed by atoms with Crippen LogP contribution in [0.1, 0.15) is 53.2 Å². The highest BCUT2D eigenvalue weighted by atomic mass is 16.7. The van der Waals surface area contributed by atoms with E-state index in [-0.39, 0.29) is 6.42 Å². The summed E-state index contributed by atoms with van der Waals surface area (Å²) in [6, 6.07) is 0. The van der Waals surface area contributed by atoms with Crippen molar-refractivity contribution in [3.05, 3.63) is 0 Å². The molecular weight excluding hydrogens is 292 g/mol. The van der Waals surface area contributed by atoms with E-state index in [0.717, 1.165) is 25.7 Å². The molecule has 1 fully saturated rings. The third-order valence-corrected chi connectivity index (χ3v) is 3.96. The fourth-order valence-electron chi connectivity index (χ4n) is 2.48. The molecule has 6 atom stereocenters. The van der Waals surface area contributed by atoms with Crippen molar-refractivity contribution in [1.29, 1.82) is 0 Å². The molecule has 0 aromatic carbocycles. The van der Waals surface area contributed by atoms with Crippen LogP contribution in [-0.4, -0.2) is 68.1 Å². The molecule has 0 spiro atoms. The van der Waals surface area contributed by atoms with Crippen LogP contribution in [0, 0.1) is 0 Å². The molecule has 0 aliphatic carbocycles. The highest BCUT2D eigenvalue weighted by Gasteiger charge is 2.56. The maximum atomic E-state index is 12.3. The highest BCUT2D eigenvalue weighted by molar-refractivity contribution is 5.86. The zero-order valence-corrected chi connectivity index (χ0v) is 12.9. The summed E-state index contributed by atoms with van der Waals surface area (Å²) in [7, 11) is 0.